The van der Waals surface area contributed by atoms with Crippen LogP contribution >= 0.6 is 0 Å². The Bertz CT molecular complexity index is 635. The number of oxime groups is 1. The first-order valence-corrected chi connectivity index (χ1v) is 5.50. The van der Waals surface area contributed by atoms with E-state index in [0.717, 1.165) is 11.1 Å². The van der Waals surface area contributed by atoms with Crippen LogP contribution in [-0.4, -0.2) is 23.5 Å². The van der Waals surface area contributed by atoms with Gasteiger partial charge in [0.15, 0.2) is 0 Å². The van der Waals surface area contributed by atoms with Crippen LogP contribution in [-0.2, 0) is 11.0 Å². The molecule has 20 heavy (non-hydrogen) atoms. The molecule has 0 aliphatic carbocycles. The van der Waals surface area contributed by atoms with E-state index in [0.29, 0.717) is 5.56 Å². The third kappa shape index (κ3) is 2.95. The van der Waals surface area contributed by atoms with Gasteiger partial charge in [-0.1, -0.05) is 22.4 Å². The van der Waals surface area contributed by atoms with E-state index in [9.17, 15) is 13.2 Å². The second kappa shape index (κ2) is 5.32. The Hall–Kier alpha value is -2.38. The number of hydrogen-bond donors (Lipinski definition) is 0. The first-order chi connectivity index (χ1) is 9.41. The average Bonchev–Trinajstić information content (AvgIpc) is 2.86. The van der Waals surface area contributed by atoms with Crippen molar-refractivity contribution in [3.8, 4) is 11.4 Å². The van der Waals surface area contributed by atoms with Crippen molar-refractivity contribution < 1.29 is 22.5 Å². The molecule has 0 bridgehead atoms. The Morgan fingerprint density at radius 3 is 2.65 bits per heavy atom. The van der Waals surface area contributed by atoms with Gasteiger partial charge in [-0.25, -0.2) is 0 Å². The third-order valence-corrected chi connectivity index (χ3v) is 2.49. The summed E-state index contributed by atoms with van der Waals surface area (Å²) < 4.78 is 41.3. The molecular formula is C12H10F3N3O2. The lowest BCUT2D eigenvalue weighted by Crippen LogP contribution is -2.04. The van der Waals surface area contributed by atoms with Crippen molar-refractivity contribution in [2.75, 3.05) is 7.11 Å². The monoisotopic (exact) mass is 285 g/mol. The molecule has 0 saturated carbocycles. The molecule has 0 radical (unpaired) electrons. The van der Waals surface area contributed by atoms with Crippen LogP contribution in [0.1, 0.15) is 17.0 Å². The summed E-state index contributed by atoms with van der Waals surface area (Å²) in [6.07, 6.45) is -3.15. The van der Waals surface area contributed by atoms with Gasteiger partial charge in [0.2, 0.25) is 5.82 Å². The molecule has 0 atom stereocenters. The molecule has 2 aromatic rings. The predicted molar refractivity (Wildman–Crippen MR) is 64.1 cm³/mol. The van der Waals surface area contributed by atoms with Gasteiger partial charge in [-0.15, -0.1) is 0 Å². The maximum atomic E-state index is 12.4. The van der Waals surface area contributed by atoms with Gasteiger partial charge in [-0.3, -0.25) is 0 Å². The third-order valence-electron chi connectivity index (χ3n) is 2.49. The van der Waals surface area contributed by atoms with Gasteiger partial charge in [0.05, 0.1) is 6.21 Å². The molecule has 0 aliphatic heterocycles. The summed E-state index contributed by atoms with van der Waals surface area (Å²) in [6.45, 7) is 1.78. The largest absolute Gasteiger partial charge is 0.471 e. The fourth-order valence-corrected chi connectivity index (χ4v) is 1.52. The zero-order valence-corrected chi connectivity index (χ0v) is 10.6. The van der Waals surface area contributed by atoms with Crippen LogP contribution in [0.4, 0.5) is 13.2 Å². The first kappa shape index (κ1) is 14.0. The molecule has 0 unspecified atom stereocenters. The number of aromatic nitrogens is 2. The second-order valence-electron chi connectivity index (χ2n) is 3.91. The summed E-state index contributed by atoms with van der Waals surface area (Å²) in [5, 5.41) is 6.94. The molecule has 5 nitrogen and oxygen atoms in total. The molecule has 2 rings (SSSR count). The van der Waals surface area contributed by atoms with Crippen LogP contribution in [0.15, 0.2) is 27.9 Å². The highest BCUT2D eigenvalue weighted by atomic mass is 19.4. The van der Waals surface area contributed by atoms with E-state index < -0.39 is 12.1 Å². The molecule has 0 saturated heterocycles. The number of alkyl halides is 3. The van der Waals surface area contributed by atoms with Crippen molar-refractivity contribution >= 4 is 6.21 Å². The van der Waals surface area contributed by atoms with Crippen molar-refractivity contribution in [2.24, 2.45) is 5.16 Å². The Labute approximate surface area is 112 Å². The topological polar surface area (TPSA) is 60.5 Å². The van der Waals surface area contributed by atoms with Gasteiger partial charge < -0.3 is 9.36 Å². The molecule has 1 aromatic heterocycles. The van der Waals surface area contributed by atoms with Crippen molar-refractivity contribution in [1.82, 2.24) is 10.1 Å². The van der Waals surface area contributed by atoms with Gasteiger partial charge in [-0.2, -0.15) is 18.2 Å². The van der Waals surface area contributed by atoms with Crippen LogP contribution in [0.2, 0.25) is 0 Å². The number of hydrogen-bond acceptors (Lipinski definition) is 5. The highest BCUT2D eigenvalue weighted by Gasteiger charge is 2.38. The highest BCUT2D eigenvalue weighted by Crippen LogP contribution is 2.29. The number of benzene rings is 1. The van der Waals surface area contributed by atoms with E-state index in [-0.39, 0.29) is 5.82 Å². The molecule has 0 aliphatic rings. The molecule has 0 spiro atoms. The minimum absolute atomic E-state index is 0.115. The summed E-state index contributed by atoms with van der Waals surface area (Å²) in [4.78, 5) is 7.88. The Morgan fingerprint density at radius 2 is 2.10 bits per heavy atom. The van der Waals surface area contributed by atoms with Crippen LogP contribution in [0.5, 0.6) is 0 Å². The second-order valence-corrected chi connectivity index (χ2v) is 3.91. The van der Waals surface area contributed by atoms with Crippen molar-refractivity contribution in [3.05, 3.63) is 35.2 Å². The molecule has 0 amide bonds. The summed E-state index contributed by atoms with van der Waals surface area (Å²) >= 11 is 0. The zero-order valence-electron chi connectivity index (χ0n) is 10.6. The lowest BCUT2D eigenvalue weighted by atomic mass is 10.1. The SMILES string of the molecule is CON=Cc1ccc(-c2noc(C(F)(F)F)n2)cc1C. The van der Waals surface area contributed by atoms with Crippen molar-refractivity contribution in [2.45, 2.75) is 13.1 Å². The van der Waals surface area contributed by atoms with Crippen molar-refractivity contribution in [1.29, 1.82) is 0 Å². The van der Waals surface area contributed by atoms with Crippen molar-refractivity contribution in [3.63, 3.8) is 0 Å². The zero-order chi connectivity index (χ0) is 14.8. The standard InChI is InChI=1S/C12H10F3N3O2/c1-7-5-8(3-4-9(7)6-16-19-2)10-17-11(20-18-10)12(13,14)15/h3-6H,1-2H3. The summed E-state index contributed by atoms with van der Waals surface area (Å²) in [7, 11) is 1.41. The minimum Gasteiger partial charge on any atom is -0.399 e. The van der Waals surface area contributed by atoms with Gasteiger partial charge in [0.1, 0.15) is 7.11 Å². The Balaban J connectivity index is 2.32. The summed E-state index contributed by atoms with van der Waals surface area (Å²) in [5.41, 5.74) is 1.99. The van der Waals surface area contributed by atoms with Gasteiger partial charge in [0.25, 0.3) is 0 Å². The fraction of sp³-hybridized carbons (Fsp3) is 0.250. The molecule has 0 N–H and O–H groups in total. The van der Waals surface area contributed by atoms with Crippen LogP contribution in [0, 0.1) is 6.92 Å². The normalized spacial score (nSPS) is 12.1. The quantitative estimate of drug-likeness (QED) is 0.642. The summed E-state index contributed by atoms with van der Waals surface area (Å²) in [6, 6.07) is 4.90. The lowest BCUT2D eigenvalue weighted by Gasteiger charge is -2.01. The minimum atomic E-state index is -4.65. The Kier molecular flexibility index (Phi) is 3.73. The Morgan fingerprint density at radius 1 is 1.35 bits per heavy atom. The summed E-state index contributed by atoms with van der Waals surface area (Å²) in [5.74, 6) is -1.48. The van der Waals surface area contributed by atoms with E-state index >= 15 is 0 Å². The number of nitrogens with zero attached hydrogens (tertiary/aromatic N) is 3. The number of aryl methyl sites for hydroxylation is 1. The first-order valence-electron chi connectivity index (χ1n) is 5.50. The van der Waals surface area contributed by atoms with E-state index in [2.05, 4.69) is 24.7 Å². The van der Waals surface area contributed by atoms with E-state index in [1.54, 1.807) is 25.1 Å². The fourth-order valence-electron chi connectivity index (χ4n) is 1.52. The van der Waals surface area contributed by atoms with Gasteiger partial charge in [-0.05, 0) is 24.1 Å². The smallest absolute Gasteiger partial charge is 0.399 e. The van der Waals surface area contributed by atoms with Gasteiger partial charge >= 0.3 is 12.1 Å². The number of halogens is 3. The van der Waals surface area contributed by atoms with E-state index in [1.165, 1.54) is 13.3 Å². The average molecular weight is 285 g/mol. The van der Waals surface area contributed by atoms with E-state index in [1.807, 2.05) is 0 Å². The van der Waals surface area contributed by atoms with Crippen LogP contribution < -0.4 is 0 Å². The molecule has 106 valence electrons. The molecular weight excluding hydrogens is 275 g/mol. The maximum Gasteiger partial charge on any atom is 0.471 e. The highest BCUT2D eigenvalue weighted by molar-refractivity contribution is 5.82. The van der Waals surface area contributed by atoms with Crippen LogP contribution in [0.25, 0.3) is 11.4 Å². The lowest BCUT2D eigenvalue weighted by molar-refractivity contribution is -0.159. The molecule has 0 fully saturated rings. The molecule has 1 aromatic carbocycles. The number of rotatable bonds is 3. The van der Waals surface area contributed by atoms with Crippen LogP contribution in [0.3, 0.4) is 0 Å². The molecule has 1 heterocycles. The molecule has 8 heteroatoms. The predicted octanol–water partition coefficient (Wildman–Crippen LogP) is 3.04. The van der Waals surface area contributed by atoms with E-state index in [4.69, 9.17) is 0 Å². The van der Waals surface area contributed by atoms with Gasteiger partial charge in [0, 0.05) is 5.56 Å². The maximum absolute atomic E-state index is 12.4.